The van der Waals surface area contributed by atoms with E-state index in [0.717, 1.165) is 121 Å². The highest BCUT2D eigenvalue weighted by molar-refractivity contribution is 7.99. The molecule has 450 valence electrons. The largest absolute Gasteiger partial charge is 0.341 e. The molecule has 6 heterocycles. The Balaban J connectivity index is 0.000000168. The van der Waals surface area contributed by atoms with Gasteiger partial charge in [0.15, 0.2) is 9.84 Å². The minimum absolute atomic E-state index is 0.0354. The number of amides is 4. The number of fused-ring (bicyclic) bond motifs is 2. The first-order valence-electron chi connectivity index (χ1n) is 32.2. The normalized spacial score (nSPS) is 35.5. The first kappa shape index (κ1) is 65.2. The van der Waals surface area contributed by atoms with Crippen LogP contribution in [0.4, 0.5) is 0 Å². The highest BCUT2D eigenvalue weighted by Crippen LogP contribution is 2.46. The first-order valence-corrected chi connectivity index (χ1v) is 35.0. The quantitative estimate of drug-likeness (QED) is 0.138. The number of carbonyl (C=O) groups excluding carboxylic acids is 4. The Morgan fingerprint density at radius 3 is 1.35 bits per heavy atom. The van der Waals surface area contributed by atoms with Crippen molar-refractivity contribution in [1.82, 2.24) is 40.9 Å². The first-order chi connectivity index (χ1) is 37.5. The van der Waals surface area contributed by atoms with Crippen molar-refractivity contribution in [2.75, 3.05) is 92.1 Å². The van der Waals surface area contributed by atoms with E-state index in [1.807, 2.05) is 21.1 Å². The van der Waals surface area contributed by atoms with Gasteiger partial charge in [-0.25, -0.2) is 8.42 Å². The third-order valence-corrected chi connectivity index (χ3v) is 23.7. The van der Waals surface area contributed by atoms with Gasteiger partial charge in [0.1, 0.15) is 0 Å². The zero-order chi connectivity index (χ0) is 56.2. The summed E-state index contributed by atoms with van der Waals surface area (Å²) in [5, 5.41) is 13.0. The van der Waals surface area contributed by atoms with Crippen LogP contribution in [0.2, 0.25) is 0 Å². The van der Waals surface area contributed by atoms with Crippen LogP contribution in [0.1, 0.15) is 195 Å². The minimum atomic E-state index is -3.01. The SMILES string of the molecule is CNC1CC(C)CCN(CC2CC3CCCC2C3)C1=O.CNC1CC(C)CCN(CC2CCCCCC2)C1=O.CNC1CC(C)CCN(CC2CCCCCS2)C1=O.CNC1CC(C)CCN(CC2CCCCS2(=O)=O)C1=O. The van der Waals surface area contributed by atoms with E-state index in [2.05, 4.69) is 75.4 Å². The average molecular weight is 1130 g/mol. The van der Waals surface area contributed by atoms with Gasteiger partial charge in [0.05, 0.1) is 35.2 Å². The van der Waals surface area contributed by atoms with Crippen LogP contribution in [-0.4, -0.2) is 178 Å². The Hall–Kier alpha value is -1.98. The summed E-state index contributed by atoms with van der Waals surface area (Å²) < 4.78 is 24.2. The van der Waals surface area contributed by atoms with E-state index in [0.29, 0.717) is 66.2 Å². The van der Waals surface area contributed by atoms with Gasteiger partial charge in [0.2, 0.25) is 23.6 Å². The average Bonchev–Trinajstić information content (AvgIpc) is 3.93. The van der Waals surface area contributed by atoms with Crippen molar-refractivity contribution in [2.45, 2.75) is 229 Å². The van der Waals surface area contributed by atoms with Crippen LogP contribution in [0, 0.1) is 47.3 Å². The summed E-state index contributed by atoms with van der Waals surface area (Å²) in [6, 6.07) is -0.0383. The fourth-order valence-electron chi connectivity index (χ4n) is 14.8. The maximum atomic E-state index is 12.7. The van der Waals surface area contributed by atoms with E-state index in [1.165, 1.54) is 108 Å². The number of hydrogen-bond donors (Lipinski definition) is 4. The van der Waals surface area contributed by atoms with Gasteiger partial charge < -0.3 is 40.9 Å². The molecule has 3 saturated carbocycles. The van der Waals surface area contributed by atoms with E-state index >= 15 is 0 Å². The van der Waals surface area contributed by atoms with Crippen LogP contribution in [-0.2, 0) is 29.0 Å². The van der Waals surface area contributed by atoms with E-state index in [9.17, 15) is 27.6 Å². The summed E-state index contributed by atoms with van der Waals surface area (Å²) in [6.07, 6.45) is 31.3. The zero-order valence-electron chi connectivity index (χ0n) is 50.6. The summed E-state index contributed by atoms with van der Waals surface area (Å²) in [7, 11) is 4.56. The van der Waals surface area contributed by atoms with Gasteiger partial charge >= 0.3 is 0 Å². The fraction of sp³-hybridized carbons (Fsp3) is 0.935. The molecule has 14 nitrogen and oxygen atoms in total. The van der Waals surface area contributed by atoms with E-state index in [1.54, 1.807) is 11.9 Å². The molecule has 0 aromatic heterocycles. The monoisotopic (exact) mass is 1130 g/mol. The summed E-state index contributed by atoms with van der Waals surface area (Å²) in [5.41, 5.74) is 0. The minimum Gasteiger partial charge on any atom is -0.341 e. The van der Waals surface area contributed by atoms with Crippen molar-refractivity contribution in [1.29, 1.82) is 0 Å². The maximum absolute atomic E-state index is 12.7. The number of nitrogens with zero attached hydrogens (tertiary/aromatic N) is 4. The number of carbonyl (C=O) groups is 4. The van der Waals surface area contributed by atoms with Gasteiger partial charge in [0, 0.05) is 57.6 Å². The molecular weight excluding hydrogens is 1020 g/mol. The lowest BCUT2D eigenvalue weighted by Gasteiger charge is -2.30. The van der Waals surface area contributed by atoms with Gasteiger partial charge in [-0.1, -0.05) is 91.9 Å². The lowest BCUT2D eigenvalue weighted by molar-refractivity contribution is -0.134. The van der Waals surface area contributed by atoms with Crippen LogP contribution in [0.25, 0.3) is 0 Å². The highest BCUT2D eigenvalue weighted by atomic mass is 32.2. The predicted octanol–water partition coefficient (Wildman–Crippen LogP) is 8.77. The molecule has 9 rings (SSSR count). The second kappa shape index (κ2) is 33.3. The molecule has 0 spiro atoms. The zero-order valence-corrected chi connectivity index (χ0v) is 52.2. The number of likely N-dealkylation sites (tertiary alicyclic amines) is 4. The van der Waals surface area contributed by atoms with Crippen LogP contribution in [0.5, 0.6) is 0 Å². The summed E-state index contributed by atoms with van der Waals surface area (Å²) in [6.45, 7) is 15.9. The molecule has 0 radical (unpaired) electrons. The number of nitrogens with one attached hydrogen (secondary N) is 4. The second-order valence-electron chi connectivity index (χ2n) is 26.5. The Morgan fingerprint density at radius 2 is 0.872 bits per heavy atom. The Bertz CT molecular complexity index is 1860. The number of likely N-dealkylation sites (N-methyl/N-ethyl adjacent to an activating group) is 4. The fourth-order valence-corrected chi connectivity index (χ4v) is 18.0. The Labute approximate surface area is 480 Å². The highest BCUT2D eigenvalue weighted by Gasteiger charge is 2.40. The molecule has 0 aromatic carbocycles. The molecule has 6 saturated heterocycles. The summed E-state index contributed by atoms with van der Waals surface area (Å²) in [4.78, 5) is 58.5. The summed E-state index contributed by atoms with van der Waals surface area (Å²) >= 11 is 2.08. The van der Waals surface area contributed by atoms with Crippen LogP contribution < -0.4 is 21.3 Å². The molecule has 3 aliphatic carbocycles. The number of hydrogen-bond acceptors (Lipinski definition) is 11. The molecule has 13 atom stereocenters. The van der Waals surface area contributed by atoms with Crippen LogP contribution in [0.15, 0.2) is 0 Å². The smallest absolute Gasteiger partial charge is 0.239 e. The molecule has 78 heavy (non-hydrogen) atoms. The third kappa shape index (κ3) is 20.1. The van der Waals surface area contributed by atoms with E-state index < -0.39 is 9.84 Å². The molecule has 13 unspecified atom stereocenters. The van der Waals surface area contributed by atoms with Gasteiger partial charge in [-0.15, -0.1) is 0 Å². The number of rotatable bonds is 12. The van der Waals surface area contributed by atoms with Crippen LogP contribution in [0.3, 0.4) is 0 Å². The molecular formula is C62H114N8O6S2. The predicted molar refractivity (Wildman–Crippen MR) is 322 cm³/mol. The number of thioether (sulfide) groups is 1. The maximum Gasteiger partial charge on any atom is 0.239 e. The molecule has 16 heteroatoms. The van der Waals surface area contributed by atoms with Crippen molar-refractivity contribution >= 4 is 45.2 Å². The van der Waals surface area contributed by atoms with Crippen molar-refractivity contribution in [3.05, 3.63) is 0 Å². The van der Waals surface area contributed by atoms with E-state index in [-0.39, 0.29) is 41.1 Å². The van der Waals surface area contributed by atoms with Gasteiger partial charge in [-0.2, -0.15) is 11.8 Å². The Morgan fingerprint density at radius 1 is 0.436 bits per heavy atom. The van der Waals surface area contributed by atoms with Crippen molar-refractivity contribution < 1.29 is 27.6 Å². The van der Waals surface area contributed by atoms with Crippen molar-refractivity contribution in [2.24, 2.45) is 47.3 Å². The molecule has 4 N–H and O–H groups in total. The van der Waals surface area contributed by atoms with E-state index in [4.69, 9.17) is 0 Å². The molecule has 0 aromatic rings. The lowest BCUT2D eigenvalue weighted by atomic mass is 9.87. The van der Waals surface area contributed by atoms with Crippen molar-refractivity contribution in [3.8, 4) is 0 Å². The topological polar surface area (TPSA) is 164 Å². The lowest BCUT2D eigenvalue weighted by Crippen LogP contribution is -2.48. The van der Waals surface area contributed by atoms with Gasteiger partial charge in [-0.3, -0.25) is 19.2 Å². The van der Waals surface area contributed by atoms with Gasteiger partial charge in [-0.05, 0) is 184 Å². The Kier molecular flexibility index (Phi) is 27.9. The van der Waals surface area contributed by atoms with Gasteiger partial charge in [0.25, 0.3) is 0 Å². The third-order valence-electron chi connectivity index (χ3n) is 20.1. The standard InChI is InChI=1S/C17H30N2O.C16H30N2O.C15H28N2OS.C14H26N2O3S/c1-12-6-7-19(17(20)16(8-12)18-2)11-15-10-13-4-3-5-14(15)9-13;1-13-9-10-18(16(19)15(11-13)17-2)12-14-7-5-3-4-6-8-14;1-12-7-8-17(15(18)14(10-12)16-2)11-13-6-4-3-5-9-19-13;1-11-6-7-16(14(17)13(9-11)15-2)10-12-5-3-4-8-20(12,18)19/h12-16,18H,3-11H2,1-2H3;13-15,17H,3-12H2,1-2H3;12-14,16H,3-11H2,1-2H3;11-13,15H,3-10H2,1-2H3. The van der Waals surface area contributed by atoms with Crippen LogP contribution >= 0.6 is 11.8 Å². The molecule has 9 fully saturated rings. The van der Waals surface area contributed by atoms with Crippen molar-refractivity contribution in [3.63, 3.8) is 0 Å². The summed E-state index contributed by atoms with van der Waals surface area (Å²) in [5.74, 6) is 8.53. The molecule has 9 aliphatic rings. The second-order valence-corrected chi connectivity index (χ2v) is 30.3. The molecule has 6 aliphatic heterocycles. The molecule has 2 bridgehead atoms. The molecule has 4 amide bonds. The number of sulfone groups is 1.